The number of aromatic nitrogens is 2. The predicted molar refractivity (Wildman–Crippen MR) is 226 cm³/mol. The first-order valence-electron chi connectivity index (χ1n) is 21.1. The number of carbonyl (C=O) groups excluding carboxylic acids is 3. The van der Waals surface area contributed by atoms with Gasteiger partial charge in [0.05, 0.1) is 53.6 Å². The molecule has 4 fully saturated rings. The quantitative estimate of drug-likeness (QED) is 0.199. The molecule has 0 saturated carbocycles. The summed E-state index contributed by atoms with van der Waals surface area (Å²) in [6, 6.07) is 13.0. The molecule has 4 aliphatic rings. The Balaban J connectivity index is 0.859. The first kappa shape index (κ1) is 43.8. The number of rotatable bonds is 11. The molecular weight excluding hydrogens is 839 g/mol. The Labute approximate surface area is 362 Å². The van der Waals surface area contributed by atoms with Gasteiger partial charge in [-0.3, -0.25) is 38.7 Å². The highest BCUT2D eigenvalue weighted by Crippen LogP contribution is 2.41. The second-order valence-electron chi connectivity index (χ2n) is 16.7. The molecule has 16 nitrogen and oxygen atoms in total. The van der Waals surface area contributed by atoms with Gasteiger partial charge in [-0.2, -0.15) is 18.0 Å². The Bertz CT molecular complexity index is 2670. The fourth-order valence-electron chi connectivity index (χ4n) is 9.10. The van der Waals surface area contributed by atoms with Crippen LogP contribution in [-0.4, -0.2) is 108 Å². The lowest BCUT2D eigenvalue weighted by molar-refractivity contribution is -0.137. The summed E-state index contributed by atoms with van der Waals surface area (Å²) >= 11 is 0. The van der Waals surface area contributed by atoms with E-state index >= 15 is 8.78 Å². The van der Waals surface area contributed by atoms with E-state index < -0.39 is 39.2 Å². The number of piperidine rings is 3. The summed E-state index contributed by atoms with van der Waals surface area (Å²) in [6.07, 6.45) is 5.16. The van der Waals surface area contributed by atoms with Gasteiger partial charge in [0.25, 0.3) is 5.56 Å². The van der Waals surface area contributed by atoms with Gasteiger partial charge in [-0.1, -0.05) is 19.1 Å². The highest BCUT2D eigenvalue weighted by Gasteiger charge is 2.44. The first-order valence-corrected chi connectivity index (χ1v) is 22.5. The number of amides is 3. The van der Waals surface area contributed by atoms with Gasteiger partial charge < -0.3 is 14.4 Å². The minimum atomic E-state index is -4.03. The Morgan fingerprint density at radius 2 is 1.81 bits per heavy atom. The van der Waals surface area contributed by atoms with Gasteiger partial charge in [0, 0.05) is 33.1 Å². The lowest BCUT2D eigenvalue weighted by Gasteiger charge is -2.40. The van der Waals surface area contributed by atoms with Crippen molar-refractivity contribution in [3.8, 4) is 17.6 Å². The van der Waals surface area contributed by atoms with E-state index in [1.807, 2.05) is 11.0 Å². The highest BCUT2D eigenvalue weighted by molar-refractivity contribution is 7.90. The summed E-state index contributed by atoms with van der Waals surface area (Å²) in [6.45, 7) is 4.59. The van der Waals surface area contributed by atoms with Crippen LogP contribution in [0, 0.1) is 23.0 Å². The zero-order valence-corrected chi connectivity index (χ0v) is 35.8. The van der Waals surface area contributed by atoms with Crippen LogP contribution < -0.4 is 20.3 Å². The molecule has 332 valence electrons. The molecule has 0 radical (unpaired) electrons. The maximum absolute atomic E-state index is 15.3. The van der Waals surface area contributed by atoms with E-state index in [4.69, 9.17) is 9.47 Å². The normalized spacial score (nSPS) is 20.9. The summed E-state index contributed by atoms with van der Waals surface area (Å²) in [4.78, 5) is 59.7. The fourth-order valence-corrected chi connectivity index (χ4v) is 10.0. The Hall–Kier alpha value is -5.81. The van der Waals surface area contributed by atoms with Gasteiger partial charge in [0.15, 0.2) is 11.6 Å². The monoisotopic (exact) mass is 886 g/mol. The van der Waals surface area contributed by atoms with Crippen LogP contribution in [0.5, 0.6) is 11.5 Å². The maximum Gasteiger partial charge on any atom is 0.301 e. The van der Waals surface area contributed by atoms with Gasteiger partial charge in [0.2, 0.25) is 17.7 Å². The van der Waals surface area contributed by atoms with Gasteiger partial charge in [-0.25, -0.2) is 13.8 Å². The van der Waals surface area contributed by atoms with Crippen LogP contribution in [0.3, 0.4) is 0 Å². The van der Waals surface area contributed by atoms with Crippen molar-refractivity contribution in [2.45, 2.75) is 75.3 Å². The van der Waals surface area contributed by atoms with Crippen LogP contribution in [0.15, 0.2) is 59.7 Å². The molecule has 1 spiro atoms. The topological polar surface area (TPSA) is 196 Å². The fraction of sp³-hybridized carbons (Fsp3) is 0.455. The predicted octanol–water partition coefficient (Wildman–Crippen LogP) is 4.67. The van der Waals surface area contributed by atoms with E-state index in [0.29, 0.717) is 81.3 Å². The SMILES string of the molecule is CCN(C)S(=O)(=O)Nc1ccc(F)c(Oc2ccc3ncn([C@H]4COC5(CCN(C(=O)CN6CCC(c7ccc(C8CCC(=O)NC8=O)cc7F)CC6)CC5)C4)c(=O)c3c2)c1C#N. The summed E-state index contributed by atoms with van der Waals surface area (Å²) < 4.78 is 72.8. The lowest BCUT2D eigenvalue weighted by Crippen LogP contribution is -2.50. The minimum Gasteiger partial charge on any atom is -0.453 e. The number of nitrogens with one attached hydrogen (secondary N) is 2. The van der Waals surface area contributed by atoms with E-state index in [2.05, 4.69) is 19.9 Å². The first-order chi connectivity index (χ1) is 30.2. The van der Waals surface area contributed by atoms with Crippen molar-refractivity contribution < 1.29 is 41.1 Å². The molecule has 1 aromatic heterocycles. The summed E-state index contributed by atoms with van der Waals surface area (Å²) in [5.74, 6) is -2.98. The van der Waals surface area contributed by atoms with E-state index in [1.165, 1.54) is 42.2 Å². The van der Waals surface area contributed by atoms with E-state index in [-0.39, 0.29) is 83.7 Å². The van der Waals surface area contributed by atoms with Crippen molar-refractivity contribution in [1.29, 1.82) is 5.26 Å². The van der Waals surface area contributed by atoms with Crippen LogP contribution in [0.4, 0.5) is 14.5 Å². The lowest BCUT2D eigenvalue weighted by atomic mass is 9.85. The van der Waals surface area contributed by atoms with Gasteiger partial charge in [-0.05, 0) is 105 Å². The molecule has 0 bridgehead atoms. The average molecular weight is 887 g/mol. The molecule has 63 heavy (non-hydrogen) atoms. The number of halogens is 2. The zero-order chi connectivity index (χ0) is 44.6. The highest BCUT2D eigenvalue weighted by atomic mass is 32.2. The Morgan fingerprint density at radius 1 is 1.05 bits per heavy atom. The van der Waals surface area contributed by atoms with Crippen molar-refractivity contribution in [2.24, 2.45) is 0 Å². The van der Waals surface area contributed by atoms with Crippen molar-refractivity contribution in [3.05, 3.63) is 93.5 Å². The van der Waals surface area contributed by atoms with E-state index in [0.717, 1.165) is 16.4 Å². The molecule has 3 amide bonds. The second-order valence-corrected chi connectivity index (χ2v) is 18.5. The summed E-state index contributed by atoms with van der Waals surface area (Å²) in [7, 11) is -2.68. The van der Waals surface area contributed by atoms with Crippen molar-refractivity contribution in [1.82, 2.24) is 29.0 Å². The average Bonchev–Trinajstić information content (AvgIpc) is 3.67. The van der Waals surface area contributed by atoms with Crippen molar-refractivity contribution >= 4 is 44.5 Å². The molecule has 1 unspecified atom stereocenters. The number of hydrogen-bond acceptors (Lipinski definition) is 11. The molecule has 0 aliphatic carbocycles. The molecule has 19 heteroatoms. The standard InChI is InChI=1S/C44H48F2N8O8S/c1-3-51(2)63(59,60)50-38-10-8-35(45)41(34(38)23-47)62-30-5-9-37-33(21-30)43(58)54(26-48-37)29-22-44(61-25-29)14-18-53(19-15-44)40(56)24-52-16-12-27(13-17-52)31-6-4-28(20-36(31)46)32-7-11-39(55)49-42(32)57/h4-6,8-10,20-21,26-27,29,32,50H,3,7,11-19,22,24-25H2,1-2H3,(H,49,55,57)/t29-,32?/m1/s1. The minimum absolute atomic E-state index is 0.00860. The van der Waals surface area contributed by atoms with Crippen molar-refractivity contribution in [3.63, 3.8) is 0 Å². The second kappa shape index (κ2) is 17.8. The molecule has 2 N–H and O–H groups in total. The number of imide groups is 1. The smallest absolute Gasteiger partial charge is 0.301 e. The van der Waals surface area contributed by atoms with Crippen LogP contribution in [0.25, 0.3) is 10.9 Å². The van der Waals surface area contributed by atoms with Gasteiger partial charge >= 0.3 is 10.2 Å². The molecule has 3 aromatic carbocycles. The number of fused-ring (bicyclic) bond motifs is 1. The number of nitriles is 1. The molecule has 2 atom stereocenters. The third-order valence-electron chi connectivity index (χ3n) is 13.0. The van der Waals surface area contributed by atoms with Crippen LogP contribution in [0.2, 0.25) is 0 Å². The van der Waals surface area contributed by atoms with Crippen LogP contribution >= 0.6 is 0 Å². The zero-order valence-electron chi connectivity index (χ0n) is 34.9. The third-order valence-corrected chi connectivity index (χ3v) is 14.5. The van der Waals surface area contributed by atoms with Crippen LogP contribution in [0.1, 0.15) is 86.4 Å². The van der Waals surface area contributed by atoms with E-state index in [1.54, 1.807) is 19.1 Å². The summed E-state index contributed by atoms with van der Waals surface area (Å²) in [5, 5.41) is 12.4. The largest absolute Gasteiger partial charge is 0.453 e. The van der Waals surface area contributed by atoms with Gasteiger partial charge in [0.1, 0.15) is 23.2 Å². The Kier molecular flexibility index (Phi) is 12.3. The molecule has 4 saturated heterocycles. The number of carbonyl (C=O) groups is 3. The number of nitrogens with zero attached hydrogens (tertiary/aromatic N) is 6. The molecule has 4 aromatic rings. The maximum atomic E-state index is 15.3. The van der Waals surface area contributed by atoms with Crippen molar-refractivity contribution in [2.75, 3.05) is 57.6 Å². The molecule has 4 aliphatic heterocycles. The Morgan fingerprint density at radius 3 is 2.51 bits per heavy atom. The molecule has 5 heterocycles. The summed E-state index contributed by atoms with van der Waals surface area (Å²) in [5.41, 5.74) is 0.0887. The third kappa shape index (κ3) is 9.03. The van der Waals surface area contributed by atoms with E-state index in [9.17, 15) is 32.9 Å². The van der Waals surface area contributed by atoms with Crippen LogP contribution in [-0.2, 0) is 29.3 Å². The number of hydrogen-bond donors (Lipinski definition) is 2. The molecular formula is C44H48F2N8O8S. The molecule has 8 rings (SSSR count). The number of ether oxygens (including phenoxy) is 2. The van der Waals surface area contributed by atoms with Gasteiger partial charge in [-0.15, -0.1) is 0 Å². The number of likely N-dealkylation sites (tertiary alicyclic amines) is 2. The number of benzene rings is 3. The number of anilines is 1.